The molecule has 1 aliphatic carbocycles. The largest absolute Gasteiger partial charge is 0.504 e. The first-order valence-corrected chi connectivity index (χ1v) is 12.9. The molecule has 0 spiro atoms. The number of hydrogen-bond acceptors (Lipinski definition) is 7. The zero-order valence-electron chi connectivity index (χ0n) is 22.8. The van der Waals surface area contributed by atoms with E-state index in [-0.39, 0.29) is 51.0 Å². The number of carboxylic acid groups (broad SMARTS) is 1. The fourth-order valence-electron chi connectivity index (χ4n) is 4.61. The highest BCUT2D eigenvalue weighted by atomic mass is 19.1. The monoisotopic (exact) mass is 581 g/mol. The third-order valence-corrected chi connectivity index (χ3v) is 6.71. The number of hydrogen-bond donors (Lipinski definition) is 6. The number of carboxylic acids is 1. The number of fused-ring (bicyclic) bond motifs is 2. The van der Waals surface area contributed by atoms with E-state index in [1.165, 1.54) is 18.2 Å². The van der Waals surface area contributed by atoms with Gasteiger partial charge in [0.15, 0.2) is 23.3 Å². The zero-order chi connectivity index (χ0) is 30.6. The third-order valence-electron chi connectivity index (χ3n) is 6.71. The van der Waals surface area contributed by atoms with Crippen LogP contribution in [0.15, 0.2) is 56.7 Å². The van der Waals surface area contributed by atoms with Crippen LogP contribution in [0.4, 0.5) is 8.78 Å². The number of nitrogens with two attached hydrogens (primary N) is 1. The molecule has 1 atom stereocenters. The second-order valence-electron chi connectivity index (χ2n) is 9.37. The van der Waals surface area contributed by atoms with E-state index in [0.717, 1.165) is 18.2 Å². The number of aliphatic imine (C=N–C) groups is 1. The van der Waals surface area contributed by atoms with E-state index in [1.807, 2.05) is 0 Å². The van der Waals surface area contributed by atoms with Crippen LogP contribution in [0.25, 0.3) is 33.4 Å². The molecule has 2 aromatic rings. The number of rotatable bonds is 9. The van der Waals surface area contributed by atoms with Crippen LogP contribution in [0, 0.1) is 11.6 Å². The quantitative estimate of drug-likeness (QED) is 0.0750. The van der Waals surface area contributed by atoms with Crippen molar-refractivity contribution in [1.82, 2.24) is 16.0 Å². The van der Waals surface area contributed by atoms with Crippen molar-refractivity contribution in [2.45, 2.75) is 25.4 Å². The van der Waals surface area contributed by atoms with Gasteiger partial charge in [-0.1, -0.05) is 18.2 Å². The Bertz CT molecular complexity index is 1720. The minimum atomic E-state index is -1.30. The molecule has 0 fully saturated rings. The highest BCUT2D eigenvalue weighted by molar-refractivity contribution is 6.08. The number of halogens is 2. The van der Waals surface area contributed by atoms with Crippen molar-refractivity contribution in [2.24, 2.45) is 10.7 Å². The third kappa shape index (κ3) is 6.00. The van der Waals surface area contributed by atoms with Crippen molar-refractivity contribution in [1.29, 1.82) is 0 Å². The summed E-state index contributed by atoms with van der Waals surface area (Å²) in [6, 6.07) is 7.57. The number of carbonyl (C=O) groups excluding carboxylic acids is 1. The van der Waals surface area contributed by atoms with Crippen LogP contribution in [-0.2, 0) is 11.3 Å². The summed E-state index contributed by atoms with van der Waals surface area (Å²) in [6.07, 6.45) is 0.784. The van der Waals surface area contributed by atoms with Gasteiger partial charge in [-0.05, 0) is 36.6 Å². The van der Waals surface area contributed by atoms with E-state index in [4.69, 9.17) is 10.2 Å². The molecular formula is C29H29F2N5O6. The van der Waals surface area contributed by atoms with E-state index in [2.05, 4.69) is 20.9 Å². The second kappa shape index (κ2) is 12.6. The Morgan fingerprint density at radius 1 is 1.07 bits per heavy atom. The molecule has 4 rings (SSSR count). The van der Waals surface area contributed by atoms with Crippen molar-refractivity contribution in [2.75, 3.05) is 20.6 Å². The second-order valence-corrected chi connectivity index (χ2v) is 9.37. The van der Waals surface area contributed by atoms with Crippen LogP contribution in [0.1, 0.15) is 28.8 Å². The van der Waals surface area contributed by atoms with Crippen molar-refractivity contribution in [3.05, 3.63) is 75.4 Å². The van der Waals surface area contributed by atoms with Gasteiger partial charge in [-0.3, -0.25) is 14.6 Å². The Morgan fingerprint density at radius 2 is 1.79 bits per heavy atom. The Kier molecular flexibility index (Phi) is 9.01. The maximum Gasteiger partial charge on any atom is 0.336 e. The molecule has 220 valence electrons. The van der Waals surface area contributed by atoms with Crippen LogP contribution in [-0.4, -0.2) is 54.7 Å². The van der Waals surface area contributed by atoms with Crippen LogP contribution < -0.4 is 27.1 Å². The Morgan fingerprint density at radius 3 is 2.48 bits per heavy atom. The van der Waals surface area contributed by atoms with E-state index in [9.17, 15) is 29.0 Å². The van der Waals surface area contributed by atoms with Gasteiger partial charge in [0.25, 0.3) is 0 Å². The first kappa shape index (κ1) is 29.9. The van der Waals surface area contributed by atoms with Crippen molar-refractivity contribution >= 4 is 28.8 Å². The van der Waals surface area contributed by atoms with Gasteiger partial charge in [-0.15, -0.1) is 0 Å². The molecular weight excluding hydrogens is 552 g/mol. The lowest BCUT2D eigenvalue weighted by Gasteiger charge is -2.19. The molecule has 2 aliphatic rings. The molecule has 7 N–H and O–H groups in total. The average molecular weight is 582 g/mol. The van der Waals surface area contributed by atoms with Crippen molar-refractivity contribution in [3.8, 4) is 28.2 Å². The molecule has 0 aromatic heterocycles. The highest BCUT2D eigenvalue weighted by Gasteiger charge is 2.27. The molecule has 1 unspecified atom stereocenters. The summed E-state index contributed by atoms with van der Waals surface area (Å²) in [5.74, 6) is -4.48. The van der Waals surface area contributed by atoms with Crippen LogP contribution >= 0.6 is 0 Å². The number of amides is 1. The van der Waals surface area contributed by atoms with Crippen molar-refractivity contribution in [3.63, 3.8) is 0 Å². The topological polar surface area (TPSA) is 179 Å². The predicted molar refractivity (Wildman–Crippen MR) is 153 cm³/mol. The molecule has 1 heterocycles. The highest BCUT2D eigenvalue weighted by Crippen LogP contribution is 2.44. The molecule has 11 nitrogen and oxygen atoms in total. The van der Waals surface area contributed by atoms with E-state index >= 15 is 4.39 Å². The minimum Gasteiger partial charge on any atom is -0.504 e. The number of carbonyl (C=O) groups is 2. The van der Waals surface area contributed by atoms with Gasteiger partial charge in [0.2, 0.25) is 11.3 Å². The predicted octanol–water partition coefficient (Wildman–Crippen LogP) is 2.77. The normalized spacial score (nSPS) is 11.7. The first-order chi connectivity index (χ1) is 20.1. The molecule has 0 bridgehead atoms. The summed E-state index contributed by atoms with van der Waals surface area (Å²) in [5, 5.41) is 28.7. The Hall–Kier alpha value is -5.04. The fraction of sp³-hybridized carbons (Fsp3) is 0.241. The van der Waals surface area contributed by atoms with Gasteiger partial charge in [-0.2, -0.15) is 0 Å². The van der Waals surface area contributed by atoms with Crippen LogP contribution in [0.5, 0.6) is 5.75 Å². The summed E-state index contributed by atoms with van der Waals surface area (Å²) in [5.41, 5.74) is 4.70. The fourth-order valence-corrected chi connectivity index (χ4v) is 4.61. The molecule has 1 aliphatic heterocycles. The SMILES string of the molecule is CNC(=NCCCC(N)C(=O)NCc1c(O)c(F)cc2c(-c3ccccc3C(=O)O)c3cc(F)c(=O)cc-3oc12)NC. The number of aromatic hydroxyl groups is 1. The van der Waals surface area contributed by atoms with Gasteiger partial charge in [0, 0.05) is 43.2 Å². The summed E-state index contributed by atoms with van der Waals surface area (Å²) in [7, 11) is 3.42. The van der Waals surface area contributed by atoms with E-state index in [0.29, 0.717) is 18.9 Å². The Balaban J connectivity index is 1.77. The number of phenolic OH excluding ortho intramolecular Hbond substituents is 1. The van der Waals surface area contributed by atoms with E-state index in [1.54, 1.807) is 20.2 Å². The molecule has 0 radical (unpaired) electrons. The molecule has 2 aromatic carbocycles. The van der Waals surface area contributed by atoms with Crippen molar-refractivity contribution < 1.29 is 33.0 Å². The Labute approximate surface area is 238 Å². The number of aromatic carboxylic acids is 1. The minimum absolute atomic E-state index is 0.0118. The lowest BCUT2D eigenvalue weighted by molar-refractivity contribution is -0.122. The summed E-state index contributed by atoms with van der Waals surface area (Å²) < 4.78 is 35.4. The summed E-state index contributed by atoms with van der Waals surface area (Å²) in [4.78, 5) is 41.2. The van der Waals surface area contributed by atoms with Gasteiger partial charge in [0.05, 0.1) is 23.7 Å². The van der Waals surface area contributed by atoms with Gasteiger partial charge in [0.1, 0.15) is 11.3 Å². The number of guanidine groups is 1. The summed E-state index contributed by atoms with van der Waals surface area (Å²) >= 11 is 0. The van der Waals surface area contributed by atoms with E-state index < -0.39 is 47.3 Å². The zero-order valence-corrected chi connectivity index (χ0v) is 22.8. The smallest absolute Gasteiger partial charge is 0.336 e. The molecule has 42 heavy (non-hydrogen) atoms. The number of benzene rings is 3. The van der Waals surface area contributed by atoms with Crippen LogP contribution in [0.2, 0.25) is 0 Å². The number of nitrogens with one attached hydrogen (secondary N) is 3. The number of phenols is 1. The maximum atomic E-state index is 15.1. The lowest BCUT2D eigenvalue weighted by Crippen LogP contribution is -2.40. The molecule has 13 heteroatoms. The van der Waals surface area contributed by atoms with Crippen LogP contribution in [0.3, 0.4) is 0 Å². The molecule has 1 amide bonds. The standard InChI is InChI=1S/C29H29F2N5O6/c1-33-29(34-2)35-9-5-8-21(32)27(39)36-13-18-25(38)20(31)11-17-24(14-6-3-4-7-15(14)28(40)41)16-10-19(30)22(37)12-23(16)42-26(17)18/h3-4,6-7,10-12,21,38H,5,8-9,13,32H2,1-2H3,(H,36,39)(H,40,41)(H2,33,34,35). The summed E-state index contributed by atoms with van der Waals surface area (Å²) in [6.45, 7) is -0.0168. The van der Waals surface area contributed by atoms with Gasteiger partial charge in [-0.25, -0.2) is 13.6 Å². The lowest BCUT2D eigenvalue weighted by atomic mass is 9.89. The maximum absolute atomic E-state index is 15.1. The van der Waals surface area contributed by atoms with Gasteiger partial charge >= 0.3 is 5.97 Å². The number of nitrogens with zero attached hydrogens (tertiary/aromatic N) is 1. The first-order valence-electron chi connectivity index (χ1n) is 12.9. The average Bonchev–Trinajstić information content (AvgIpc) is 2.97. The molecule has 0 saturated carbocycles. The van der Waals surface area contributed by atoms with Gasteiger partial charge < -0.3 is 36.3 Å². The molecule has 0 saturated heterocycles.